The summed E-state index contributed by atoms with van der Waals surface area (Å²) >= 11 is 9.52. The predicted octanol–water partition coefficient (Wildman–Crippen LogP) is 5.60. The lowest BCUT2D eigenvalue weighted by molar-refractivity contribution is -0.116. The zero-order valence-electron chi connectivity index (χ0n) is 14.9. The third kappa shape index (κ3) is 5.44. The average Bonchev–Trinajstić information content (AvgIpc) is 2.71. The fourth-order valence-electron chi connectivity index (χ4n) is 2.75. The highest BCUT2D eigenvalue weighted by atomic mass is 79.9. The largest absolute Gasteiger partial charge is 0.345 e. The maximum absolute atomic E-state index is 12.6. The summed E-state index contributed by atoms with van der Waals surface area (Å²) in [7, 11) is 0. The lowest BCUT2D eigenvalue weighted by Gasteiger charge is -2.19. The van der Waals surface area contributed by atoms with Gasteiger partial charge in [-0.05, 0) is 35.9 Å². The zero-order valence-corrected chi connectivity index (χ0v) is 17.2. The Labute approximate surface area is 177 Å². The van der Waals surface area contributed by atoms with Gasteiger partial charge in [0.15, 0.2) is 0 Å². The molecule has 1 atom stereocenters. The summed E-state index contributed by atoms with van der Waals surface area (Å²) in [6.07, 6.45) is 0.0784. The molecule has 142 valence electrons. The first-order valence-electron chi connectivity index (χ1n) is 8.68. The molecule has 3 rings (SSSR count). The molecule has 0 aromatic heterocycles. The van der Waals surface area contributed by atoms with Gasteiger partial charge in [0, 0.05) is 10.0 Å². The molecule has 0 spiro atoms. The Bertz CT molecular complexity index is 965. The number of carbonyl (C=O) groups excluding carboxylic acids is 2. The van der Waals surface area contributed by atoms with Crippen LogP contribution in [0.15, 0.2) is 83.3 Å². The van der Waals surface area contributed by atoms with Gasteiger partial charge >= 0.3 is 0 Å². The van der Waals surface area contributed by atoms with E-state index in [1.165, 1.54) is 0 Å². The summed E-state index contributed by atoms with van der Waals surface area (Å²) in [5.74, 6) is -0.477. The summed E-state index contributed by atoms with van der Waals surface area (Å²) in [4.78, 5) is 25.2. The normalized spacial score (nSPS) is 11.5. The second kappa shape index (κ2) is 9.53. The van der Waals surface area contributed by atoms with E-state index in [1.807, 2.05) is 36.4 Å². The van der Waals surface area contributed by atoms with Crippen molar-refractivity contribution in [3.63, 3.8) is 0 Å². The van der Waals surface area contributed by atoms with E-state index in [4.69, 9.17) is 11.6 Å². The van der Waals surface area contributed by atoms with E-state index >= 15 is 0 Å². The van der Waals surface area contributed by atoms with Gasteiger partial charge in [-0.3, -0.25) is 9.59 Å². The number of halogens is 2. The highest BCUT2D eigenvalue weighted by molar-refractivity contribution is 9.10. The van der Waals surface area contributed by atoms with Gasteiger partial charge in [0.25, 0.3) is 5.91 Å². The number of nitrogens with one attached hydrogen (secondary N) is 2. The maximum atomic E-state index is 12.6. The number of anilines is 1. The van der Waals surface area contributed by atoms with Gasteiger partial charge in [-0.2, -0.15) is 0 Å². The van der Waals surface area contributed by atoms with E-state index in [1.54, 1.807) is 42.5 Å². The summed E-state index contributed by atoms with van der Waals surface area (Å²) in [5, 5.41) is 6.19. The minimum absolute atomic E-state index is 0.0784. The predicted molar refractivity (Wildman–Crippen MR) is 115 cm³/mol. The lowest BCUT2D eigenvalue weighted by Crippen LogP contribution is -2.31. The van der Waals surface area contributed by atoms with Crippen molar-refractivity contribution in [3.8, 4) is 0 Å². The second-order valence-corrected chi connectivity index (χ2v) is 7.50. The van der Waals surface area contributed by atoms with Crippen molar-refractivity contribution in [2.45, 2.75) is 12.5 Å². The molecule has 0 aliphatic carbocycles. The molecule has 0 radical (unpaired) electrons. The molecule has 2 N–H and O–H groups in total. The third-order valence-electron chi connectivity index (χ3n) is 4.14. The fourth-order valence-corrected chi connectivity index (χ4v) is 3.47. The number of hydrogen-bond acceptors (Lipinski definition) is 2. The van der Waals surface area contributed by atoms with Crippen molar-refractivity contribution < 1.29 is 9.59 Å². The van der Waals surface area contributed by atoms with E-state index in [-0.39, 0.29) is 18.2 Å². The van der Waals surface area contributed by atoms with Gasteiger partial charge in [0.1, 0.15) is 0 Å². The topological polar surface area (TPSA) is 58.2 Å². The molecule has 3 aromatic carbocycles. The van der Waals surface area contributed by atoms with Crippen LogP contribution in [0.4, 0.5) is 5.69 Å². The van der Waals surface area contributed by atoms with Crippen LogP contribution in [0.25, 0.3) is 0 Å². The van der Waals surface area contributed by atoms with Gasteiger partial charge in [-0.25, -0.2) is 0 Å². The van der Waals surface area contributed by atoms with Gasteiger partial charge in [-0.15, -0.1) is 0 Å². The molecule has 1 unspecified atom stereocenters. The highest BCUT2D eigenvalue weighted by Gasteiger charge is 2.19. The molecule has 0 aliphatic rings. The van der Waals surface area contributed by atoms with Crippen molar-refractivity contribution >= 4 is 45.0 Å². The first-order valence-corrected chi connectivity index (χ1v) is 9.86. The maximum Gasteiger partial charge on any atom is 0.251 e. The van der Waals surface area contributed by atoms with E-state index in [0.29, 0.717) is 16.3 Å². The van der Waals surface area contributed by atoms with E-state index in [2.05, 4.69) is 26.6 Å². The van der Waals surface area contributed by atoms with E-state index < -0.39 is 6.04 Å². The van der Waals surface area contributed by atoms with Crippen LogP contribution in [0, 0.1) is 0 Å². The van der Waals surface area contributed by atoms with Crippen LogP contribution < -0.4 is 10.6 Å². The van der Waals surface area contributed by atoms with Crippen LogP contribution in [-0.4, -0.2) is 11.8 Å². The second-order valence-electron chi connectivity index (χ2n) is 6.18. The van der Waals surface area contributed by atoms with Crippen LogP contribution in [-0.2, 0) is 4.79 Å². The van der Waals surface area contributed by atoms with Crippen molar-refractivity contribution in [1.82, 2.24) is 5.32 Å². The van der Waals surface area contributed by atoms with Gasteiger partial charge in [0.2, 0.25) is 5.91 Å². The van der Waals surface area contributed by atoms with E-state index in [9.17, 15) is 9.59 Å². The Hall–Kier alpha value is -2.63. The Morgan fingerprint density at radius 2 is 1.57 bits per heavy atom. The summed E-state index contributed by atoms with van der Waals surface area (Å²) in [6.45, 7) is 0. The van der Waals surface area contributed by atoms with Crippen LogP contribution in [0.2, 0.25) is 5.02 Å². The summed E-state index contributed by atoms with van der Waals surface area (Å²) < 4.78 is 0.827. The molecule has 3 aromatic rings. The smallest absolute Gasteiger partial charge is 0.251 e. The highest BCUT2D eigenvalue weighted by Crippen LogP contribution is 2.26. The summed E-state index contributed by atoms with van der Waals surface area (Å²) in [6, 6.07) is 23.1. The van der Waals surface area contributed by atoms with E-state index in [0.717, 1.165) is 10.0 Å². The SMILES string of the molecule is O=C(CC(NC(=O)c1ccccc1)c1ccccc1)Nc1ccc(Br)cc1Cl. The quantitative estimate of drug-likeness (QED) is 0.506. The van der Waals surface area contributed by atoms with Crippen LogP contribution >= 0.6 is 27.5 Å². The molecular weight excluding hydrogens is 440 g/mol. The molecule has 0 bridgehead atoms. The number of amides is 2. The van der Waals surface area contributed by atoms with Gasteiger partial charge < -0.3 is 10.6 Å². The monoisotopic (exact) mass is 456 g/mol. The number of rotatable bonds is 6. The molecule has 6 heteroatoms. The van der Waals surface area contributed by atoms with Crippen LogP contribution in [0.5, 0.6) is 0 Å². The molecule has 0 saturated heterocycles. The molecule has 2 amide bonds. The minimum atomic E-state index is -0.469. The van der Waals surface area contributed by atoms with Crippen molar-refractivity contribution in [3.05, 3.63) is 99.5 Å². The Morgan fingerprint density at radius 1 is 0.929 bits per heavy atom. The number of hydrogen-bond donors (Lipinski definition) is 2. The van der Waals surface area contributed by atoms with Crippen LogP contribution in [0.3, 0.4) is 0 Å². The Balaban J connectivity index is 1.75. The number of carbonyl (C=O) groups is 2. The van der Waals surface area contributed by atoms with Crippen molar-refractivity contribution in [1.29, 1.82) is 0 Å². The molecule has 0 aliphatic heterocycles. The number of benzene rings is 3. The molecule has 28 heavy (non-hydrogen) atoms. The third-order valence-corrected chi connectivity index (χ3v) is 4.94. The molecule has 0 fully saturated rings. The van der Waals surface area contributed by atoms with Crippen molar-refractivity contribution in [2.24, 2.45) is 0 Å². The standard InChI is InChI=1S/C22H18BrClN2O2/c23-17-11-12-19(18(24)13-17)25-21(27)14-20(15-7-3-1-4-8-15)26-22(28)16-9-5-2-6-10-16/h1-13,20H,14H2,(H,25,27)(H,26,28). The minimum Gasteiger partial charge on any atom is -0.345 e. The molecule has 4 nitrogen and oxygen atoms in total. The van der Waals surface area contributed by atoms with Gasteiger partial charge in [0.05, 0.1) is 23.2 Å². The first-order chi connectivity index (χ1) is 13.5. The first kappa shape index (κ1) is 20.1. The summed E-state index contributed by atoms with van der Waals surface area (Å²) in [5.41, 5.74) is 1.92. The Kier molecular flexibility index (Phi) is 6.85. The van der Waals surface area contributed by atoms with Gasteiger partial charge in [-0.1, -0.05) is 76.1 Å². The van der Waals surface area contributed by atoms with Crippen LogP contribution in [0.1, 0.15) is 28.4 Å². The molecule has 0 saturated carbocycles. The molecular formula is C22H18BrClN2O2. The van der Waals surface area contributed by atoms with Crippen molar-refractivity contribution in [2.75, 3.05) is 5.32 Å². The fraction of sp³-hybridized carbons (Fsp3) is 0.0909. The lowest BCUT2D eigenvalue weighted by atomic mass is 10.0. The molecule has 0 heterocycles. The Morgan fingerprint density at radius 3 is 2.21 bits per heavy atom. The zero-order chi connectivity index (χ0) is 19.9. The average molecular weight is 458 g/mol.